The van der Waals surface area contributed by atoms with E-state index in [1.807, 2.05) is 31.2 Å². The Morgan fingerprint density at radius 2 is 1.94 bits per heavy atom. The molecule has 0 bridgehead atoms. The molecule has 0 saturated carbocycles. The van der Waals surface area contributed by atoms with Crippen molar-refractivity contribution in [1.82, 2.24) is 29.6 Å². The number of carbonyl (C=O) groups excluding carboxylic acids is 1. The zero-order valence-corrected chi connectivity index (χ0v) is 17.9. The molecule has 1 aliphatic heterocycles. The molecule has 32 heavy (non-hydrogen) atoms. The van der Waals surface area contributed by atoms with Crippen LogP contribution in [0.25, 0.3) is 16.6 Å². The molecule has 1 atom stereocenters. The molecular weight excluding hydrogens is 404 g/mol. The van der Waals surface area contributed by atoms with Crippen molar-refractivity contribution in [3.63, 3.8) is 0 Å². The Labute approximate surface area is 184 Å². The van der Waals surface area contributed by atoms with Gasteiger partial charge in [-0.05, 0) is 55.7 Å². The number of rotatable bonds is 4. The number of benzene rings is 2. The van der Waals surface area contributed by atoms with Crippen molar-refractivity contribution < 1.29 is 4.79 Å². The van der Waals surface area contributed by atoms with Gasteiger partial charge < -0.3 is 5.32 Å². The van der Waals surface area contributed by atoms with E-state index >= 15 is 0 Å². The lowest BCUT2D eigenvalue weighted by Crippen LogP contribution is -2.27. The van der Waals surface area contributed by atoms with Crippen molar-refractivity contribution in [2.75, 3.05) is 0 Å². The van der Waals surface area contributed by atoms with Gasteiger partial charge in [-0.15, -0.1) is 0 Å². The maximum Gasteiger partial charge on any atom is 0.261 e. The van der Waals surface area contributed by atoms with Gasteiger partial charge in [0.15, 0.2) is 0 Å². The Hall–Kier alpha value is -3.81. The van der Waals surface area contributed by atoms with Crippen LogP contribution in [0.2, 0.25) is 0 Å². The third kappa shape index (κ3) is 3.79. The molecule has 8 heteroatoms. The average molecular weight is 428 g/mol. The van der Waals surface area contributed by atoms with E-state index in [0.29, 0.717) is 23.0 Å². The van der Waals surface area contributed by atoms with Gasteiger partial charge in [0.05, 0.1) is 22.6 Å². The highest BCUT2D eigenvalue weighted by Gasteiger charge is 2.16. The van der Waals surface area contributed by atoms with E-state index in [0.717, 1.165) is 42.8 Å². The zero-order chi connectivity index (χ0) is 22.1. The number of amides is 1. The van der Waals surface area contributed by atoms with Crippen molar-refractivity contribution >= 4 is 16.8 Å². The molecule has 1 amide bonds. The Bertz CT molecular complexity index is 1330. The molecule has 0 aliphatic carbocycles. The fourth-order valence-corrected chi connectivity index (χ4v) is 4.18. The van der Waals surface area contributed by atoms with Gasteiger partial charge >= 0.3 is 0 Å². The Morgan fingerprint density at radius 1 is 1.09 bits per heavy atom. The minimum atomic E-state index is -0.198. The number of aromatic nitrogens is 5. The summed E-state index contributed by atoms with van der Waals surface area (Å²) < 4.78 is 3.47. The number of nitrogens with zero attached hydrogens (tertiary/aromatic N) is 5. The van der Waals surface area contributed by atoms with Gasteiger partial charge in [0.1, 0.15) is 18.5 Å². The van der Waals surface area contributed by atoms with Gasteiger partial charge in [-0.3, -0.25) is 14.2 Å². The Kier molecular flexibility index (Phi) is 5.26. The van der Waals surface area contributed by atoms with Crippen LogP contribution in [-0.2, 0) is 13.0 Å². The largest absolute Gasteiger partial charge is 0.346 e. The number of nitrogens with one attached hydrogen (secondary N) is 1. The van der Waals surface area contributed by atoms with Crippen molar-refractivity contribution in [3.05, 3.63) is 82.4 Å². The number of hydrogen-bond acceptors (Lipinski definition) is 5. The van der Waals surface area contributed by atoms with Crippen molar-refractivity contribution in [3.8, 4) is 5.69 Å². The van der Waals surface area contributed by atoms with Crippen LogP contribution in [0, 0.1) is 0 Å². The minimum Gasteiger partial charge on any atom is -0.346 e. The molecule has 8 nitrogen and oxygen atoms in total. The van der Waals surface area contributed by atoms with Crippen LogP contribution >= 0.6 is 0 Å². The maximum atomic E-state index is 12.9. The highest BCUT2D eigenvalue weighted by atomic mass is 16.1. The normalized spacial score (nSPS) is 14.5. The van der Waals surface area contributed by atoms with Crippen LogP contribution in [0.15, 0.2) is 59.9 Å². The molecule has 5 rings (SSSR count). The summed E-state index contributed by atoms with van der Waals surface area (Å²) in [6.07, 6.45) is 7.05. The number of carbonyl (C=O) groups is 1. The fourth-order valence-electron chi connectivity index (χ4n) is 4.18. The smallest absolute Gasteiger partial charge is 0.261 e. The third-order valence-electron chi connectivity index (χ3n) is 6.00. The molecule has 0 fully saturated rings. The molecule has 1 unspecified atom stereocenters. The van der Waals surface area contributed by atoms with E-state index in [2.05, 4.69) is 15.4 Å². The second-order valence-corrected chi connectivity index (χ2v) is 8.15. The molecular formula is C24H24N6O2. The van der Waals surface area contributed by atoms with E-state index in [-0.39, 0.29) is 17.5 Å². The summed E-state index contributed by atoms with van der Waals surface area (Å²) in [4.78, 5) is 34.5. The molecule has 2 aromatic carbocycles. The van der Waals surface area contributed by atoms with E-state index in [4.69, 9.17) is 4.98 Å². The van der Waals surface area contributed by atoms with Crippen molar-refractivity contribution in [2.24, 2.45) is 0 Å². The fraction of sp³-hybridized carbons (Fsp3) is 0.292. The van der Waals surface area contributed by atoms with Crippen LogP contribution in [0.1, 0.15) is 54.0 Å². The predicted molar refractivity (Wildman–Crippen MR) is 121 cm³/mol. The molecule has 2 aromatic heterocycles. The quantitative estimate of drug-likeness (QED) is 0.539. The number of hydrogen-bond donors (Lipinski definition) is 1. The highest BCUT2D eigenvalue weighted by Crippen LogP contribution is 2.19. The van der Waals surface area contributed by atoms with Gasteiger partial charge in [-0.1, -0.05) is 18.6 Å². The predicted octanol–water partition coefficient (Wildman–Crippen LogP) is 3.19. The minimum absolute atomic E-state index is 0.0142. The topological polar surface area (TPSA) is 94.7 Å². The first kappa shape index (κ1) is 20.1. The molecule has 1 aliphatic rings. The summed E-state index contributed by atoms with van der Waals surface area (Å²) in [7, 11) is 0. The monoisotopic (exact) mass is 428 g/mol. The van der Waals surface area contributed by atoms with E-state index < -0.39 is 0 Å². The van der Waals surface area contributed by atoms with Crippen LogP contribution in [0.5, 0.6) is 0 Å². The summed E-state index contributed by atoms with van der Waals surface area (Å²) in [5.41, 5.74) is 2.94. The first-order valence-electron chi connectivity index (χ1n) is 10.9. The summed E-state index contributed by atoms with van der Waals surface area (Å²) in [5, 5.41) is 7.71. The SMILES string of the molecule is CC(NC(=O)c1ccc2c(=O)n3c(nc2c1)CCCCC3)c1ccc(-n2cncn2)cc1. The standard InChI is InChI=1S/C24H24N6O2/c1-16(17-6-9-19(10-7-17)30-15-25-14-26-30)27-23(31)18-8-11-20-21(13-18)28-22-5-3-2-4-12-29(22)24(20)32/h6-11,13-16H,2-5,12H2,1H3,(H,27,31). The molecule has 0 saturated heterocycles. The Morgan fingerprint density at radius 3 is 2.72 bits per heavy atom. The van der Waals surface area contributed by atoms with Crippen LogP contribution in [-0.4, -0.2) is 30.2 Å². The summed E-state index contributed by atoms with van der Waals surface area (Å²) in [6.45, 7) is 2.65. The lowest BCUT2D eigenvalue weighted by Gasteiger charge is -2.15. The average Bonchev–Trinajstić information content (AvgIpc) is 3.25. The summed E-state index contributed by atoms with van der Waals surface area (Å²) >= 11 is 0. The van der Waals surface area contributed by atoms with E-state index in [9.17, 15) is 9.59 Å². The van der Waals surface area contributed by atoms with Gasteiger partial charge in [0.25, 0.3) is 11.5 Å². The van der Waals surface area contributed by atoms with Gasteiger partial charge in [0, 0.05) is 18.5 Å². The number of fused-ring (bicyclic) bond motifs is 2. The Balaban J connectivity index is 1.37. The molecule has 0 spiro atoms. The first-order valence-corrected chi connectivity index (χ1v) is 10.9. The molecule has 162 valence electrons. The lowest BCUT2D eigenvalue weighted by atomic mass is 10.1. The maximum absolute atomic E-state index is 12.9. The molecule has 3 heterocycles. The van der Waals surface area contributed by atoms with Gasteiger partial charge in [0.2, 0.25) is 0 Å². The second-order valence-electron chi connectivity index (χ2n) is 8.15. The van der Waals surface area contributed by atoms with Gasteiger partial charge in [-0.2, -0.15) is 5.10 Å². The van der Waals surface area contributed by atoms with E-state index in [1.54, 1.807) is 33.8 Å². The van der Waals surface area contributed by atoms with E-state index in [1.165, 1.54) is 6.33 Å². The molecule has 1 N–H and O–H groups in total. The summed E-state index contributed by atoms with van der Waals surface area (Å²) in [5.74, 6) is 0.620. The lowest BCUT2D eigenvalue weighted by molar-refractivity contribution is 0.0940. The number of aryl methyl sites for hydroxylation is 1. The highest BCUT2D eigenvalue weighted by molar-refractivity contribution is 5.97. The van der Waals surface area contributed by atoms with Crippen LogP contribution in [0.4, 0.5) is 0 Å². The third-order valence-corrected chi connectivity index (χ3v) is 6.00. The van der Waals surface area contributed by atoms with Crippen molar-refractivity contribution in [1.29, 1.82) is 0 Å². The first-order chi connectivity index (χ1) is 15.6. The van der Waals surface area contributed by atoms with Crippen molar-refractivity contribution in [2.45, 2.75) is 45.2 Å². The van der Waals surface area contributed by atoms with Crippen LogP contribution in [0.3, 0.4) is 0 Å². The molecule has 0 radical (unpaired) electrons. The molecule has 4 aromatic rings. The van der Waals surface area contributed by atoms with Crippen LogP contribution < -0.4 is 10.9 Å². The zero-order valence-electron chi connectivity index (χ0n) is 17.9. The summed E-state index contributed by atoms with van der Waals surface area (Å²) in [6, 6.07) is 12.7. The second kappa shape index (κ2) is 8.37. The van der Waals surface area contributed by atoms with Gasteiger partial charge in [-0.25, -0.2) is 14.6 Å².